The van der Waals surface area contributed by atoms with Crippen molar-refractivity contribution in [2.45, 2.75) is 155 Å². The van der Waals surface area contributed by atoms with Gasteiger partial charge in [-0.2, -0.15) is 0 Å². The molecule has 0 aromatic rings. The summed E-state index contributed by atoms with van der Waals surface area (Å²) in [6.45, 7) is 3.92. The van der Waals surface area contributed by atoms with Crippen LogP contribution in [0.15, 0.2) is 72.9 Å². The molecule has 0 amide bonds. The van der Waals surface area contributed by atoms with E-state index in [4.69, 9.17) is 18.5 Å². The van der Waals surface area contributed by atoms with Gasteiger partial charge < -0.3 is 27.9 Å². The number of likely N-dealkylation sites (N-methyl/N-ethyl adjacent to an activating group) is 1. The van der Waals surface area contributed by atoms with Gasteiger partial charge in [-0.1, -0.05) is 126 Å². The molecule has 0 N–H and O–H groups in total. The average Bonchev–Trinajstić information content (AvgIpc) is 3.15. The fourth-order valence-corrected chi connectivity index (χ4v) is 5.94. The third-order valence-electron chi connectivity index (χ3n) is 8.68. The quantitative estimate of drug-likeness (QED) is 0.0114. The highest BCUT2D eigenvalue weighted by Gasteiger charge is 2.21. The fourth-order valence-electron chi connectivity index (χ4n) is 5.21. The van der Waals surface area contributed by atoms with Gasteiger partial charge in [0.05, 0.1) is 27.7 Å². The molecule has 11 heteroatoms. The monoisotopic (exact) mass is 820 g/mol. The van der Waals surface area contributed by atoms with Crippen molar-refractivity contribution in [3.05, 3.63) is 72.9 Å². The average molecular weight is 820 g/mol. The van der Waals surface area contributed by atoms with Crippen LogP contribution in [-0.4, -0.2) is 75.8 Å². The molecule has 10 nitrogen and oxygen atoms in total. The molecule has 0 aliphatic heterocycles. The Kier molecular flexibility index (Phi) is 35.5. The molecule has 0 bridgehead atoms. The Morgan fingerprint density at radius 2 is 1.12 bits per heavy atom. The molecule has 0 fully saturated rings. The number of unbranched alkanes of at least 4 members (excludes halogenated alkanes) is 11. The zero-order valence-electron chi connectivity index (χ0n) is 36.3. The smallest absolute Gasteiger partial charge is 0.306 e. The molecule has 326 valence electrons. The second kappa shape index (κ2) is 37.4. The lowest BCUT2D eigenvalue weighted by molar-refractivity contribution is -0.870. The van der Waals surface area contributed by atoms with Gasteiger partial charge in [0.15, 0.2) is 11.9 Å². The summed E-state index contributed by atoms with van der Waals surface area (Å²) in [7, 11) is 1.05. The number of allylic oxidation sites excluding steroid dienone is 12. The first-order valence-electron chi connectivity index (χ1n) is 21.6. The molecule has 57 heavy (non-hydrogen) atoms. The van der Waals surface area contributed by atoms with Crippen LogP contribution in [0.1, 0.15) is 149 Å². The predicted octanol–water partition coefficient (Wildman–Crippen LogP) is 10.8. The second-order valence-electron chi connectivity index (χ2n) is 15.4. The van der Waals surface area contributed by atoms with Crippen LogP contribution in [-0.2, 0) is 37.5 Å². The Morgan fingerprint density at radius 3 is 1.72 bits per heavy atom. The maximum Gasteiger partial charge on any atom is 0.306 e. The number of hydrogen-bond acceptors (Lipinski definition) is 9. The number of esters is 2. The van der Waals surface area contributed by atoms with Crippen molar-refractivity contribution in [2.75, 3.05) is 47.5 Å². The van der Waals surface area contributed by atoms with Gasteiger partial charge in [-0.15, -0.1) is 0 Å². The van der Waals surface area contributed by atoms with E-state index in [2.05, 4.69) is 62.5 Å². The third-order valence-corrected chi connectivity index (χ3v) is 9.64. The molecular formula is C46H78NO9P. The summed E-state index contributed by atoms with van der Waals surface area (Å²) < 4.78 is 33.7. The summed E-state index contributed by atoms with van der Waals surface area (Å²) in [5.74, 6) is -0.891. The van der Waals surface area contributed by atoms with E-state index in [1.54, 1.807) is 6.08 Å². The highest BCUT2D eigenvalue weighted by atomic mass is 31.2. The Balaban J connectivity index is 4.57. The van der Waals surface area contributed by atoms with Crippen LogP contribution in [0.3, 0.4) is 0 Å². The van der Waals surface area contributed by atoms with Gasteiger partial charge in [0.1, 0.15) is 19.8 Å². The van der Waals surface area contributed by atoms with Crippen molar-refractivity contribution in [3.63, 3.8) is 0 Å². The minimum atomic E-state index is -4.67. The van der Waals surface area contributed by atoms with Crippen LogP contribution in [0, 0.1) is 0 Å². The first-order chi connectivity index (χ1) is 27.4. The van der Waals surface area contributed by atoms with Crippen molar-refractivity contribution < 1.29 is 46.8 Å². The molecule has 1 unspecified atom stereocenters. The van der Waals surface area contributed by atoms with Crippen molar-refractivity contribution in [1.29, 1.82) is 0 Å². The summed E-state index contributed by atoms with van der Waals surface area (Å²) in [6, 6.07) is 0. The summed E-state index contributed by atoms with van der Waals surface area (Å²) >= 11 is 0. The van der Waals surface area contributed by atoms with Gasteiger partial charge in [0.2, 0.25) is 0 Å². The number of phosphoric ester groups is 1. The molecule has 0 saturated heterocycles. The number of quaternary nitrogens is 1. The molecule has 0 radical (unpaired) electrons. The van der Waals surface area contributed by atoms with Crippen LogP contribution in [0.5, 0.6) is 0 Å². The van der Waals surface area contributed by atoms with Gasteiger partial charge in [0.25, 0.3) is 7.82 Å². The molecule has 0 aromatic carbocycles. The Bertz CT molecular complexity index is 1260. The van der Waals surface area contributed by atoms with Crippen molar-refractivity contribution >= 4 is 25.5 Å². The number of ketones is 1. The molecular weight excluding hydrogens is 741 g/mol. The second-order valence-corrected chi connectivity index (χ2v) is 16.8. The van der Waals surface area contributed by atoms with E-state index in [9.17, 15) is 23.8 Å². The Labute approximate surface area is 346 Å². The van der Waals surface area contributed by atoms with E-state index in [1.165, 1.54) is 38.5 Å². The molecule has 0 aromatic heterocycles. The third kappa shape index (κ3) is 41.1. The minimum Gasteiger partial charge on any atom is -0.756 e. The molecule has 2 atom stereocenters. The van der Waals surface area contributed by atoms with Crippen LogP contribution in [0.2, 0.25) is 0 Å². The van der Waals surface area contributed by atoms with E-state index >= 15 is 0 Å². The zero-order chi connectivity index (χ0) is 42.3. The van der Waals surface area contributed by atoms with Gasteiger partial charge in [-0.25, -0.2) is 0 Å². The number of rotatable bonds is 38. The minimum absolute atomic E-state index is 0.0649. The molecule has 0 heterocycles. The maximum atomic E-state index is 12.7. The lowest BCUT2D eigenvalue weighted by atomic mass is 10.1. The maximum absolute atomic E-state index is 12.7. The van der Waals surface area contributed by atoms with E-state index in [0.717, 1.165) is 57.8 Å². The first-order valence-corrected chi connectivity index (χ1v) is 23.1. The molecule has 0 spiro atoms. The number of carbonyl (C=O) groups is 3. The van der Waals surface area contributed by atoms with Gasteiger partial charge in [-0.05, 0) is 76.7 Å². The van der Waals surface area contributed by atoms with E-state index < -0.39 is 32.5 Å². The lowest BCUT2D eigenvalue weighted by Gasteiger charge is -2.28. The standard InChI is InChI=1S/C46H78NO9P/c1-6-8-10-12-14-15-16-17-18-19-20-21-22-23-25-29-33-37-45(49)53-41-44(42-55-57(51,52)54-40-39-47(3,4)5)56-46(50)38-34-30-26-28-32-36-43(48)35-31-27-24-13-11-9-7-2/h14-15,17-18,20-21,23-25,27,31,35,44H,6-13,16,19,22,26,28-30,32-34,36-42H2,1-5H3/b15-14-,18-17-,21-20-,25-23-,27-24-,35-31+/t44-/m1/s1. The number of carbonyl (C=O) groups excluding carboxylic acids is 3. The number of nitrogens with zero attached hydrogens (tertiary/aromatic N) is 1. The van der Waals surface area contributed by atoms with Crippen LogP contribution in [0.4, 0.5) is 0 Å². The van der Waals surface area contributed by atoms with Crippen molar-refractivity contribution in [1.82, 2.24) is 0 Å². The van der Waals surface area contributed by atoms with Gasteiger partial charge in [-0.3, -0.25) is 18.9 Å². The predicted molar refractivity (Wildman–Crippen MR) is 231 cm³/mol. The summed E-state index contributed by atoms with van der Waals surface area (Å²) in [5.41, 5.74) is 0. The highest BCUT2D eigenvalue weighted by Crippen LogP contribution is 2.38. The van der Waals surface area contributed by atoms with E-state index in [1.807, 2.05) is 39.4 Å². The fraction of sp³-hybridized carbons (Fsp3) is 0.674. The number of hydrogen-bond donors (Lipinski definition) is 0. The summed E-state index contributed by atoms with van der Waals surface area (Å²) in [6.07, 6.45) is 41.8. The summed E-state index contributed by atoms with van der Waals surface area (Å²) in [5, 5.41) is 0. The number of ether oxygens (including phenoxy) is 2. The van der Waals surface area contributed by atoms with E-state index in [-0.39, 0.29) is 31.8 Å². The van der Waals surface area contributed by atoms with Crippen LogP contribution < -0.4 is 4.89 Å². The van der Waals surface area contributed by atoms with Crippen molar-refractivity contribution in [3.8, 4) is 0 Å². The zero-order valence-corrected chi connectivity index (χ0v) is 37.1. The highest BCUT2D eigenvalue weighted by molar-refractivity contribution is 7.45. The van der Waals surface area contributed by atoms with Crippen LogP contribution >= 0.6 is 7.82 Å². The van der Waals surface area contributed by atoms with Gasteiger partial charge in [0, 0.05) is 19.3 Å². The molecule has 0 aliphatic carbocycles. The largest absolute Gasteiger partial charge is 0.756 e. The molecule has 0 rings (SSSR count). The lowest BCUT2D eigenvalue weighted by Crippen LogP contribution is -2.37. The molecule has 0 saturated carbocycles. The molecule has 0 aliphatic rings. The van der Waals surface area contributed by atoms with E-state index in [0.29, 0.717) is 36.7 Å². The van der Waals surface area contributed by atoms with Gasteiger partial charge >= 0.3 is 11.9 Å². The van der Waals surface area contributed by atoms with Crippen LogP contribution in [0.25, 0.3) is 0 Å². The normalized spacial score (nSPS) is 14.2. The Hall–Kier alpha value is -2.88. The Morgan fingerprint density at radius 1 is 0.596 bits per heavy atom. The first kappa shape index (κ1) is 54.1. The SMILES string of the molecule is CCCCC/C=C\C=C\C(=O)CCCCCCCC(=O)O[C@H](COC(=O)CCC/C=C\C/C=C\C/C=C\C/C=C\CCCCC)COP(=O)([O-])OCC[N+](C)(C)C. The topological polar surface area (TPSA) is 128 Å². The van der Waals surface area contributed by atoms with Crippen molar-refractivity contribution in [2.24, 2.45) is 0 Å². The number of phosphoric acid groups is 1. The summed E-state index contributed by atoms with van der Waals surface area (Å²) in [4.78, 5) is 49.5.